The predicted molar refractivity (Wildman–Crippen MR) is 91.2 cm³/mol. The first-order chi connectivity index (χ1) is 12.3. The number of guanidine groups is 1. The van der Waals surface area contributed by atoms with Gasteiger partial charge in [0.2, 0.25) is 0 Å². The Labute approximate surface area is 148 Å². The number of aliphatic imine (C=N–C) groups is 1. The molecule has 0 aliphatic heterocycles. The zero-order valence-corrected chi connectivity index (χ0v) is 14.1. The van der Waals surface area contributed by atoms with E-state index in [1.807, 2.05) is 6.92 Å². The van der Waals surface area contributed by atoms with Gasteiger partial charge in [-0.15, -0.1) is 0 Å². The van der Waals surface area contributed by atoms with Crippen molar-refractivity contribution in [1.82, 2.24) is 10.6 Å². The molecule has 2 aromatic carbocycles. The summed E-state index contributed by atoms with van der Waals surface area (Å²) in [5.74, 6) is -0.771. The highest BCUT2D eigenvalue weighted by Crippen LogP contribution is 2.29. The zero-order chi connectivity index (χ0) is 19.2. The number of aromatic hydroxyl groups is 1. The van der Waals surface area contributed by atoms with Crippen LogP contribution in [-0.4, -0.2) is 17.6 Å². The van der Waals surface area contributed by atoms with E-state index in [2.05, 4.69) is 15.6 Å². The molecule has 2 rings (SSSR count). The van der Waals surface area contributed by atoms with Gasteiger partial charge in [-0.2, -0.15) is 13.2 Å². The van der Waals surface area contributed by atoms with Gasteiger partial charge < -0.3 is 15.7 Å². The van der Waals surface area contributed by atoms with Gasteiger partial charge in [-0.25, -0.2) is 9.38 Å². The molecule has 0 saturated heterocycles. The van der Waals surface area contributed by atoms with Crippen molar-refractivity contribution in [2.45, 2.75) is 26.2 Å². The first-order valence-corrected chi connectivity index (χ1v) is 7.95. The molecule has 0 saturated carbocycles. The van der Waals surface area contributed by atoms with Crippen LogP contribution in [0, 0.1) is 5.82 Å². The number of nitrogens with one attached hydrogen (secondary N) is 2. The summed E-state index contributed by atoms with van der Waals surface area (Å²) in [6.45, 7) is 2.70. The Morgan fingerprint density at radius 2 is 1.85 bits per heavy atom. The van der Waals surface area contributed by atoms with Crippen molar-refractivity contribution < 1.29 is 22.7 Å². The smallest absolute Gasteiger partial charge is 0.416 e. The number of phenols is 1. The number of benzene rings is 2. The van der Waals surface area contributed by atoms with Crippen molar-refractivity contribution in [2.24, 2.45) is 4.99 Å². The number of hydrogen-bond donors (Lipinski definition) is 3. The van der Waals surface area contributed by atoms with Crippen LogP contribution in [0.3, 0.4) is 0 Å². The molecule has 0 aromatic heterocycles. The quantitative estimate of drug-likeness (QED) is 0.427. The molecule has 26 heavy (non-hydrogen) atoms. The minimum absolute atomic E-state index is 0.0587. The predicted octanol–water partition coefficient (Wildman–Crippen LogP) is 3.81. The fourth-order valence-electron chi connectivity index (χ4n) is 2.20. The third-order valence-corrected chi connectivity index (χ3v) is 3.49. The van der Waals surface area contributed by atoms with Crippen LogP contribution < -0.4 is 10.6 Å². The molecule has 0 spiro atoms. The van der Waals surface area contributed by atoms with Crippen molar-refractivity contribution in [3.8, 4) is 5.75 Å². The van der Waals surface area contributed by atoms with Crippen LogP contribution in [0.15, 0.2) is 47.5 Å². The Bertz CT molecular complexity index is 775. The molecule has 4 nitrogen and oxygen atoms in total. The van der Waals surface area contributed by atoms with E-state index in [0.717, 1.165) is 12.1 Å². The zero-order valence-electron chi connectivity index (χ0n) is 14.1. The van der Waals surface area contributed by atoms with Gasteiger partial charge >= 0.3 is 6.18 Å². The Balaban J connectivity index is 2.05. The van der Waals surface area contributed by atoms with Crippen LogP contribution in [0.5, 0.6) is 5.75 Å². The van der Waals surface area contributed by atoms with Crippen molar-refractivity contribution in [3.05, 3.63) is 65.0 Å². The Hall–Kier alpha value is -2.77. The Kier molecular flexibility index (Phi) is 6.43. The van der Waals surface area contributed by atoms with Gasteiger partial charge in [-0.1, -0.05) is 18.2 Å². The Morgan fingerprint density at radius 1 is 1.08 bits per heavy atom. The van der Waals surface area contributed by atoms with E-state index in [-0.39, 0.29) is 13.1 Å². The van der Waals surface area contributed by atoms with E-state index in [1.165, 1.54) is 18.2 Å². The lowest BCUT2D eigenvalue weighted by atomic mass is 10.1. The van der Waals surface area contributed by atoms with Gasteiger partial charge in [0.15, 0.2) is 17.5 Å². The first-order valence-electron chi connectivity index (χ1n) is 7.95. The van der Waals surface area contributed by atoms with Gasteiger partial charge in [0, 0.05) is 13.1 Å². The fourth-order valence-corrected chi connectivity index (χ4v) is 2.20. The summed E-state index contributed by atoms with van der Waals surface area (Å²) >= 11 is 0. The lowest BCUT2D eigenvalue weighted by Gasteiger charge is -2.12. The normalized spacial score (nSPS) is 12.1. The molecule has 0 radical (unpaired) electrons. The number of hydrogen-bond acceptors (Lipinski definition) is 2. The molecule has 2 aromatic rings. The SMILES string of the molecule is CCNC(=NCc1cccc(C(F)(F)F)c1)NCc1ccc(O)c(F)c1. The summed E-state index contributed by atoms with van der Waals surface area (Å²) in [6.07, 6.45) is -4.40. The molecular formula is C18H19F4N3O. The maximum atomic E-state index is 13.3. The molecule has 0 unspecified atom stereocenters. The van der Waals surface area contributed by atoms with Crippen LogP contribution in [0.25, 0.3) is 0 Å². The molecule has 0 aliphatic rings. The largest absolute Gasteiger partial charge is 0.505 e. The molecule has 0 heterocycles. The molecule has 0 aliphatic carbocycles. The monoisotopic (exact) mass is 369 g/mol. The van der Waals surface area contributed by atoms with E-state index in [9.17, 15) is 22.7 Å². The van der Waals surface area contributed by atoms with Crippen LogP contribution in [-0.2, 0) is 19.3 Å². The van der Waals surface area contributed by atoms with Gasteiger partial charge in [-0.05, 0) is 42.3 Å². The van der Waals surface area contributed by atoms with Crippen molar-refractivity contribution in [3.63, 3.8) is 0 Å². The van der Waals surface area contributed by atoms with E-state index < -0.39 is 23.3 Å². The number of phenolic OH excluding ortho intramolecular Hbond substituents is 1. The topological polar surface area (TPSA) is 56.7 Å². The maximum absolute atomic E-state index is 13.3. The highest BCUT2D eigenvalue weighted by molar-refractivity contribution is 5.79. The lowest BCUT2D eigenvalue weighted by molar-refractivity contribution is -0.137. The van der Waals surface area contributed by atoms with Crippen LogP contribution >= 0.6 is 0 Å². The third kappa shape index (κ3) is 5.65. The second-order valence-corrected chi connectivity index (χ2v) is 5.53. The first kappa shape index (κ1) is 19.6. The number of rotatable bonds is 5. The standard InChI is InChI=1S/C18H19F4N3O/c1-2-23-17(25-11-13-6-7-16(26)15(19)9-13)24-10-12-4-3-5-14(8-12)18(20,21)22/h3-9,26H,2,10-11H2,1H3,(H2,23,24,25). The van der Waals surface area contributed by atoms with Crippen LogP contribution in [0.2, 0.25) is 0 Å². The van der Waals surface area contributed by atoms with Gasteiger partial charge in [0.25, 0.3) is 0 Å². The minimum Gasteiger partial charge on any atom is -0.505 e. The highest BCUT2D eigenvalue weighted by atomic mass is 19.4. The van der Waals surface area contributed by atoms with E-state index >= 15 is 0 Å². The minimum atomic E-state index is -4.40. The molecule has 0 amide bonds. The van der Waals surface area contributed by atoms with E-state index in [1.54, 1.807) is 12.1 Å². The van der Waals surface area contributed by atoms with Gasteiger partial charge in [0.1, 0.15) is 0 Å². The molecule has 8 heteroatoms. The summed E-state index contributed by atoms with van der Waals surface area (Å²) < 4.78 is 51.6. The molecule has 3 N–H and O–H groups in total. The molecule has 0 fully saturated rings. The Morgan fingerprint density at radius 3 is 2.50 bits per heavy atom. The number of alkyl halides is 3. The maximum Gasteiger partial charge on any atom is 0.416 e. The van der Waals surface area contributed by atoms with Crippen LogP contribution in [0.4, 0.5) is 17.6 Å². The van der Waals surface area contributed by atoms with Gasteiger partial charge in [0.05, 0.1) is 12.1 Å². The summed E-state index contributed by atoms with van der Waals surface area (Å²) in [7, 11) is 0. The molecule has 0 bridgehead atoms. The third-order valence-electron chi connectivity index (χ3n) is 3.49. The van der Waals surface area contributed by atoms with E-state index in [0.29, 0.717) is 23.6 Å². The van der Waals surface area contributed by atoms with Gasteiger partial charge in [-0.3, -0.25) is 0 Å². The van der Waals surface area contributed by atoms with E-state index in [4.69, 9.17) is 0 Å². The average molecular weight is 369 g/mol. The second-order valence-electron chi connectivity index (χ2n) is 5.53. The highest BCUT2D eigenvalue weighted by Gasteiger charge is 2.30. The number of nitrogens with zero attached hydrogens (tertiary/aromatic N) is 1. The fraction of sp³-hybridized carbons (Fsp3) is 0.278. The summed E-state index contributed by atoms with van der Waals surface area (Å²) in [4.78, 5) is 4.25. The molecule has 140 valence electrons. The molecule has 0 atom stereocenters. The summed E-state index contributed by atoms with van der Waals surface area (Å²) in [5, 5.41) is 15.1. The van der Waals surface area contributed by atoms with Crippen LogP contribution in [0.1, 0.15) is 23.6 Å². The summed E-state index contributed by atoms with van der Waals surface area (Å²) in [6, 6.07) is 8.98. The average Bonchev–Trinajstić information content (AvgIpc) is 2.60. The van der Waals surface area contributed by atoms with Crippen molar-refractivity contribution in [2.75, 3.05) is 6.54 Å². The second kappa shape index (κ2) is 8.55. The lowest BCUT2D eigenvalue weighted by Crippen LogP contribution is -2.36. The number of halogens is 4. The van der Waals surface area contributed by atoms with Crippen molar-refractivity contribution in [1.29, 1.82) is 0 Å². The molecular weight excluding hydrogens is 350 g/mol. The summed E-state index contributed by atoms with van der Waals surface area (Å²) in [5.41, 5.74) is 0.292. The van der Waals surface area contributed by atoms with Crippen molar-refractivity contribution >= 4 is 5.96 Å².